The fourth-order valence-electron chi connectivity index (χ4n) is 3.56. The molecule has 0 atom stereocenters. The number of anilines is 1. The summed E-state index contributed by atoms with van der Waals surface area (Å²) in [5.41, 5.74) is 1.82. The van der Waals surface area contributed by atoms with Crippen LogP contribution in [-0.4, -0.2) is 55.7 Å². The monoisotopic (exact) mass is 475 g/mol. The fourth-order valence-corrected chi connectivity index (χ4v) is 5.70. The first-order valence-electron chi connectivity index (χ1n) is 10.6. The van der Waals surface area contributed by atoms with Gasteiger partial charge in [0, 0.05) is 25.3 Å². The molecular weight excluding hydrogens is 446 g/mol. The zero-order chi connectivity index (χ0) is 23.0. The molecule has 1 fully saturated rings. The first kappa shape index (κ1) is 24.3. The number of aryl methyl sites for hydroxylation is 1. The summed E-state index contributed by atoms with van der Waals surface area (Å²) in [6.45, 7) is 3.38. The second kappa shape index (κ2) is 11.5. The first-order chi connectivity index (χ1) is 15.3. The summed E-state index contributed by atoms with van der Waals surface area (Å²) in [6, 6.07) is 16.0. The van der Waals surface area contributed by atoms with Crippen LogP contribution in [0.5, 0.6) is 0 Å². The van der Waals surface area contributed by atoms with E-state index >= 15 is 0 Å². The molecule has 2 N–H and O–H groups in total. The van der Waals surface area contributed by atoms with Crippen molar-refractivity contribution < 1.29 is 18.0 Å². The number of piperidine rings is 1. The number of sulfonamides is 1. The van der Waals surface area contributed by atoms with Gasteiger partial charge < -0.3 is 10.6 Å². The van der Waals surface area contributed by atoms with E-state index in [0.717, 1.165) is 11.3 Å². The quantitative estimate of drug-likeness (QED) is 0.582. The summed E-state index contributed by atoms with van der Waals surface area (Å²) in [5.74, 6) is 0.411. The van der Waals surface area contributed by atoms with Crippen LogP contribution in [0.1, 0.15) is 18.4 Å². The number of nitrogens with zero attached hydrogens (tertiary/aromatic N) is 1. The Bertz CT molecular complexity index is 1020. The van der Waals surface area contributed by atoms with Gasteiger partial charge in [-0.05, 0) is 55.5 Å². The van der Waals surface area contributed by atoms with E-state index in [1.165, 1.54) is 16.1 Å². The molecular formula is C23H29N3O4S2. The van der Waals surface area contributed by atoms with Gasteiger partial charge in [-0.3, -0.25) is 9.59 Å². The Morgan fingerprint density at radius 3 is 2.38 bits per heavy atom. The molecule has 2 aromatic rings. The molecule has 0 unspecified atom stereocenters. The van der Waals surface area contributed by atoms with Crippen molar-refractivity contribution in [1.82, 2.24) is 9.62 Å². The van der Waals surface area contributed by atoms with Gasteiger partial charge in [0.2, 0.25) is 21.8 Å². The molecule has 0 radical (unpaired) electrons. The standard InChI is InChI=1S/C23H29N3O4S2/c1-18-6-5-7-20(14-18)25-23(28)17-31-16-22(27)24-15-19-10-12-26(13-11-19)32(29,30)21-8-3-2-4-9-21/h2-9,14,19H,10-13,15-17H2,1H3,(H,24,27)(H,25,28). The molecule has 9 heteroatoms. The van der Waals surface area contributed by atoms with Crippen LogP contribution < -0.4 is 10.6 Å². The third kappa shape index (κ3) is 7.08. The van der Waals surface area contributed by atoms with Crippen LogP contribution in [-0.2, 0) is 19.6 Å². The highest BCUT2D eigenvalue weighted by Gasteiger charge is 2.29. The summed E-state index contributed by atoms with van der Waals surface area (Å²) >= 11 is 1.27. The molecule has 7 nitrogen and oxygen atoms in total. The molecule has 0 bridgehead atoms. The van der Waals surface area contributed by atoms with Crippen molar-refractivity contribution in [2.24, 2.45) is 5.92 Å². The van der Waals surface area contributed by atoms with Crippen molar-refractivity contribution in [3.63, 3.8) is 0 Å². The van der Waals surface area contributed by atoms with Crippen molar-refractivity contribution in [3.05, 3.63) is 60.2 Å². The summed E-state index contributed by atoms with van der Waals surface area (Å²) in [4.78, 5) is 24.4. The lowest BCUT2D eigenvalue weighted by Gasteiger charge is -2.31. The summed E-state index contributed by atoms with van der Waals surface area (Å²) in [6.07, 6.45) is 1.41. The molecule has 2 aromatic carbocycles. The number of carbonyl (C=O) groups is 2. The van der Waals surface area contributed by atoms with E-state index in [1.807, 2.05) is 31.2 Å². The molecule has 0 saturated carbocycles. The van der Waals surface area contributed by atoms with E-state index < -0.39 is 10.0 Å². The highest BCUT2D eigenvalue weighted by atomic mass is 32.2. The number of amides is 2. The lowest BCUT2D eigenvalue weighted by atomic mass is 9.98. The molecule has 1 saturated heterocycles. The topological polar surface area (TPSA) is 95.6 Å². The maximum absolute atomic E-state index is 12.7. The molecule has 1 aliphatic heterocycles. The van der Waals surface area contributed by atoms with Crippen LogP contribution in [0, 0.1) is 12.8 Å². The van der Waals surface area contributed by atoms with Crippen molar-refractivity contribution >= 4 is 39.3 Å². The summed E-state index contributed by atoms with van der Waals surface area (Å²) in [7, 11) is -3.46. The Balaban J connectivity index is 1.32. The van der Waals surface area contributed by atoms with Crippen LogP contribution in [0.3, 0.4) is 0 Å². The van der Waals surface area contributed by atoms with E-state index in [2.05, 4.69) is 10.6 Å². The number of carbonyl (C=O) groups excluding carboxylic acids is 2. The predicted molar refractivity (Wildman–Crippen MR) is 128 cm³/mol. The van der Waals surface area contributed by atoms with Crippen molar-refractivity contribution in [1.29, 1.82) is 0 Å². The van der Waals surface area contributed by atoms with Crippen molar-refractivity contribution in [2.75, 3.05) is 36.5 Å². The Morgan fingerprint density at radius 2 is 1.69 bits per heavy atom. The SMILES string of the molecule is Cc1cccc(NC(=O)CSCC(=O)NCC2CCN(S(=O)(=O)c3ccccc3)CC2)c1. The van der Waals surface area contributed by atoms with Gasteiger partial charge in [0.1, 0.15) is 0 Å². The van der Waals surface area contributed by atoms with E-state index in [9.17, 15) is 18.0 Å². The zero-order valence-electron chi connectivity index (χ0n) is 18.1. The molecule has 172 valence electrons. The lowest BCUT2D eigenvalue weighted by Crippen LogP contribution is -2.41. The summed E-state index contributed by atoms with van der Waals surface area (Å²) in [5, 5.41) is 5.73. The zero-order valence-corrected chi connectivity index (χ0v) is 19.8. The van der Waals surface area contributed by atoms with Crippen molar-refractivity contribution in [3.8, 4) is 0 Å². The second-order valence-corrected chi connectivity index (χ2v) is 10.8. The number of hydrogen-bond donors (Lipinski definition) is 2. The molecule has 0 spiro atoms. The number of hydrogen-bond acceptors (Lipinski definition) is 5. The van der Waals surface area contributed by atoms with Gasteiger partial charge >= 0.3 is 0 Å². The molecule has 32 heavy (non-hydrogen) atoms. The van der Waals surface area contributed by atoms with Gasteiger partial charge in [0.15, 0.2) is 0 Å². The summed E-state index contributed by atoms with van der Waals surface area (Å²) < 4.78 is 26.9. The number of thioether (sulfide) groups is 1. The minimum Gasteiger partial charge on any atom is -0.355 e. The Hall–Kier alpha value is -2.36. The largest absolute Gasteiger partial charge is 0.355 e. The highest BCUT2D eigenvalue weighted by Crippen LogP contribution is 2.23. The number of benzene rings is 2. The Kier molecular flexibility index (Phi) is 8.72. The minimum atomic E-state index is -3.46. The molecule has 0 aromatic heterocycles. The van der Waals surface area contributed by atoms with Gasteiger partial charge in [0.05, 0.1) is 16.4 Å². The van der Waals surface area contributed by atoms with Gasteiger partial charge in [-0.2, -0.15) is 4.31 Å². The van der Waals surface area contributed by atoms with Crippen LogP contribution in [0.15, 0.2) is 59.5 Å². The Labute approximate surface area is 194 Å². The van der Waals surface area contributed by atoms with E-state index in [1.54, 1.807) is 30.3 Å². The van der Waals surface area contributed by atoms with Crippen LogP contribution in [0.25, 0.3) is 0 Å². The molecule has 0 aliphatic carbocycles. The lowest BCUT2D eigenvalue weighted by molar-refractivity contribution is -0.118. The van der Waals surface area contributed by atoms with E-state index in [-0.39, 0.29) is 29.2 Å². The fraction of sp³-hybridized carbons (Fsp3) is 0.391. The highest BCUT2D eigenvalue weighted by molar-refractivity contribution is 8.00. The van der Waals surface area contributed by atoms with Gasteiger partial charge in [-0.15, -0.1) is 11.8 Å². The maximum atomic E-state index is 12.7. The molecule has 1 aliphatic rings. The third-order valence-electron chi connectivity index (χ3n) is 5.31. The van der Waals surface area contributed by atoms with Gasteiger partial charge in [0.25, 0.3) is 0 Å². The van der Waals surface area contributed by atoms with E-state index in [0.29, 0.717) is 37.4 Å². The van der Waals surface area contributed by atoms with Gasteiger partial charge in [-0.1, -0.05) is 30.3 Å². The maximum Gasteiger partial charge on any atom is 0.243 e. The molecule has 2 amide bonds. The number of rotatable bonds is 9. The first-order valence-corrected chi connectivity index (χ1v) is 13.2. The van der Waals surface area contributed by atoms with Crippen molar-refractivity contribution in [2.45, 2.75) is 24.7 Å². The van der Waals surface area contributed by atoms with Crippen LogP contribution >= 0.6 is 11.8 Å². The minimum absolute atomic E-state index is 0.113. The number of nitrogens with one attached hydrogen (secondary N) is 2. The Morgan fingerprint density at radius 1 is 1.00 bits per heavy atom. The molecule has 3 rings (SSSR count). The van der Waals surface area contributed by atoms with Gasteiger partial charge in [-0.25, -0.2) is 8.42 Å². The third-order valence-corrected chi connectivity index (χ3v) is 8.16. The van der Waals surface area contributed by atoms with Crippen LogP contribution in [0.2, 0.25) is 0 Å². The molecule has 1 heterocycles. The normalized spacial score (nSPS) is 15.3. The average molecular weight is 476 g/mol. The average Bonchev–Trinajstić information content (AvgIpc) is 2.78. The van der Waals surface area contributed by atoms with Crippen LogP contribution in [0.4, 0.5) is 5.69 Å². The smallest absolute Gasteiger partial charge is 0.243 e. The second-order valence-electron chi connectivity index (χ2n) is 7.88. The predicted octanol–water partition coefficient (Wildman–Crippen LogP) is 2.88. The van der Waals surface area contributed by atoms with E-state index in [4.69, 9.17) is 0 Å².